The Kier molecular flexibility index (Phi) is 4.74. The van der Waals surface area contributed by atoms with Gasteiger partial charge < -0.3 is 0 Å². The first-order valence-electron chi connectivity index (χ1n) is 9.36. The first-order valence-corrected chi connectivity index (χ1v) is 10.8. The first-order chi connectivity index (χ1) is 13.8. The van der Waals surface area contributed by atoms with E-state index < -0.39 is 20.9 Å². The maximum atomic E-state index is 13.5. The highest BCUT2D eigenvalue weighted by Crippen LogP contribution is 2.48. The van der Waals surface area contributed by atoms with Gasteiger partial charge in [-0.15, -0.1) is 0 Å². The van der Waals surface area contributed by atoms with Crippen LogP contribution in [-0.4, -0.2) is 23.4 Å². The van der Waals surface area contributed by atoms with Gasteiger partial charge in [0.2, 0.25) is 0 Å². The quantitative estimate of drug-likeness (QED) is 0.533. The zero-order valence-electron chi connectivity index (χ0n) is 15.8. The molecule has 0 unspecified atom stereocenters. The number of hydrogen-bond donors (Lipinski definition) is 0. The molecule has 2 aromatic carbocycles. The number of benzene rings is 2. The monoisotopic (exact) mass is 412 g/mol. The maximum Gasteiger partial charge on any atom is 0.269 e. The summed E-state index contributed by atoms with van der Waals surface area (Å²) in [6, 6.07) is 14.0. The Labute approximate surface area is 168 Å². The number of nitro groups is 1. The predicted molar refractivity (Wildman–Crippen MR) is 106 cm³/mol. The summed E-state index contributed by atoms with van der Waals surface area (Å²) in [7, 11) is -4.00. The molecule has 0 amide bonds. The molecule has 2 atom stereocenters. The molecule has 8 heteroatoms. The van der Waals surface area contributed by atoms with Crippen LogP contribution < -0.4 is 0 Å². The SMILES string of the molecule is CC1=C(N(Cc2ccccc2)S(=O)(=O)c2ccc([N+](=O)[O-])cc2)[C@H]2CC[C@@H]1C2=O. The van der Waals surface area contributed by atoms with Crippen LogP contribution in [0.2, 0.25) is 0 Å². The number of nitrogens with zero attached hydrogens (tertiary/aromatic N) is 2. The molecule has 0 heterocycles. The van der Waals surface area contributed by atoms with Crippen LogP contribution in [0.3, 0.4) is 0 Å². The molecule has 0 spiro atoms. The maximum absolute atomic E-state index is 13.5. The number of fused-ring (bicyclic) bond motifs is 2. The van der Waals surface area contributed by atoms with E-state index in [4.69, 9.17) is 0 Å². The van der Waals surface area contributed by atoms with Crippen LogP contribution in [0.1, 0.15) is 25.3 Å². The number of nitro benzene ring substituents is 1. The summed E-state index contributed by atoms with van der Waals surface area (Å²) in [5.41, 5.74) is 2.00. The van der Waals surface area contributed by atoms with Crippen molar-refractivity contribution in [2.75, 3.05) is 0 Å². The van der Waals surface area contributed by atoms with Crippen molar-refractivity contribution in [1.82, 2.24) is 4.31 Å². The molecular formula is C21H20N2O5S. The van der Waals surface area contributed by atoms with Gasteiger partial charge in [0.1, 0.15) is 5.78 Å². The van der Waals surface area contributed by atoms with Crippen molar-refractivity contribution >= 4 is 21.5 Å². The molecular weight excluding hydrogens is 392 g/mol. The Hall–Kier alpha value is -3.00. The number of non-ortho nitro benzene ring substituents is 1. The summed E-state index contributed by atoms with van der Waals surface area (Å²) in [6.45, 7) is 1.93. The smallest absolute Gasteiger partial charge is 0.269 e. The third-order valence-electron chi connectivity index (χ3n) is 5.76. The number of ketones is 1. The lowest BCUT2D eigenvalue weighted by atomic mass is 9.97. The van der Waals surface area contributed by atoms with Crippen molar-refractivity contribution in [2.45, 2.75) is 31.2 Å². The number of Topliss-reactive ketones (excluding diaryl/α,β-unsaturated/α-hetero) is 1. The number of rotatable bonds is 6. The van der Waals surface area contributed by atoms with Crippen LogP contribution in [0.15, 0.2) is 70.8 Å². The molecule has 29 heavy (non-hydrogen) atoms. The standard InChI is InChI=1S/C21H20N2O5S/c1-14-18-11-12-19(21(18)24)20(14)22(13-15-5-3-2-4-6-15)29(27,28)17-9-7-16(8-10-17)23(25)26/h2-10,18-19H,11-13H2,1H3/t18-,19+/m0/s1. The second-order valence-corrected chi connectivity index (χ2v) is 9.26. The highest BCUT2D eigenvalue weighted by molar-refractivity contribution is 7.89. The Morgan fingerprint density at radius 3 is 2.21 bits per heavy atom. The molecule has 1 saturated carbocycles. The largest absolute Gasteiger partial charge is 0.298 e. The number of allylic oxidation sites excluding steroid dienone is 2. The predicted octanol–water partition coefficient (Wildman–Crippen LogP) is 3.67. The van der Waals surface area contributed by atoms with Gasteiger partial charge in [-0.1, -0.05) is 30.3 Å². The molecule has 4 rings (SSSR count). The van der Waals surface area contributed by atoms with E-state index >= 15 is 0 Å². The summed E-state index contributed by atoms with van der Waals surface area (Å²) in [6.07, 6.45) is 1.41. The van der Waals surface area contributed by atoms with Gasteiger partial charge in [0, 0.05) is 23.7 Å². The second kappa shape index (κ2) is 7.11. The van der Waals surface area contributed by atoms with Gasteiger partial charge in [0.15, 0.2) is 0 Å². The van der Waals surface area contributed by atoms with Crippen molar-refractivity contribution < 1.29 is 18.1 Å². The van der Waals surface area contributed by atoms with Crippen LogP contribution in [-0.2, 0) is 21.4 Å². The van der Waals surface area contributed by atoms with Gasteiger partial charge >= 0.3 is 0 Å². The van der Waals surface area contributed by atoms with Gasteiger partial charge in [0.05, 0.1) is 22.3 Å². The molecule has 7 nitrogen and oxygen atoms in total. The highest BCUT2D eigenvalue weighted by atomic mass is 32.2. The van der Waals surface area contributed by atoms with E-state index in [2.05, 4.69) is 0 Å². The molecule has 2 bridgehead atoms. The number of sulfonamides is 1. The summed E-state index contributed by atoms with van der Waals surface area (Å²) < 4.78 is 28.4. The van der Waals surface area contributed by atoms with E-state index in [1.54, 1.807) is 0 Å². The van der Waals surface area contributed by atoms with Gasteiger partial charge in [-0.2, -0.15) is 0 Å². The summed E-state index contributed by atoms with van der Waals surface area (Å²) in [5, 5.41) is 10.9. The van der Waals surface area contributed by atoms with E-state index in [0.29, 0.717) is 12.1 Å². The molecule has 0 saturated heterocycles. The summed E-state index contributed by atoms with van der Waals surface area (Å²) in [5.74, 6) is -0.522. The van der Waals surface area contributed by atoms with Crippen LogP contribution in [0.25, 0.3) is 0 Å². The minimum atomic E-state index is -4.00. The van der Waals surface area contributed by atoms with Crippen molar-refractivity contribution in [2.24, 2.45) is 11.8 Å². The van der Waals surface area contributed by atoms with E-state index in [0.717, 1.165) is 17.6 Å². The lowest BCUT2D eigenvalue weighted by Crippen LogP contribution is -2.33. The minimum absolute atomic E-state index is 0.0328. The molecule has 0 aliphatic heterocycles. The molecule has 0 N–H and O–H groups in total. The Morgan fingerprint density at radius 2 is 1.66 bits per heavy atom. The topological polar surface area (TPSA) is 97.6 Å². The average Bonchev–Trinajstić information content (AvgIpc) is 3.19. The molecule has 0 aromatic heterocycles. The van der Waals surface area contributed by atoms with Gasteiger partial charge in [0.25, 0.3) is 15.7 Å². The Morgan fingerprint density at radius 1 is 1.03 bits per heavy atom. The zero-order valence-corrected chi connectivity index (χ0v) is 16.6. The van der Waals surface area contributed by atoms with E-state index in [1.165, 1.54) is 28.6 Å². The molecule has 0 radical (unpaired) electrons. The number of carbonyl (C=O) groups excluding carboxylic acids is 1. The molecule has 150 valence electrons. The lowest BCUT2D eigenvalue weighted by Gasteiger charge is -2.30. The first kappa shape index (κ1) is 19.3. The average molecular weight is 412 g/mol. The third-order valence-corrected chi connectivity index (χ3v) is 7.53. The Balaban J connectivity index is 1.80. The zero-order chi connectivity index (χ0) is 20.8. The fourth-order valence-electron chi connectivity index (χ4n) is 4.30. The third kappa shape index (κ3) is 3.23. The van der Waals surface area contributed by atoms with Gasteiger partial charge in [-0.05, 0) is 43.0 Å². The number of hydrogen-bond acceptors (Lipinski definition) is 5. The Bertz CT molecular complexity index is 1110. The second-order valence-electron chi connectivity index (χ2n) is 7.40. The molecule has 2 aromatic rings. The van der Waals surface area contributed by atoms with Crippen molar-refractivity contribution in [3.05, 3.63) is 81.5 Å². The fourth-order valence-corrected chi connectivity index (χ4v) is 5.89. The molecule has 2 aliphatic carbocycles. The summed E-state index contributed by atoms with van der Waals surface area (Å²) >= 11 is 0. The van der Waals surface area contributed by atoms with E-state index in [9.17, 15) is 23.3 Å². The minimum Gasteiger partial charge on any atom is -0.298 e. The molecule has 1 fully saturated rings. The normalized spacial score (nSPS) is 20.9. The summed E-state index contributed by atoms with van der Waals surface area (Å²) in [4.78, 5) is 22.9. The van der Waals surface area contributed by atoms with Gasteiger partial charge in [-0.3, -0.25) is 19.2 Å². The fraction of sp³-hybridized carbons (Fsp3) is 0.286. The number of carbonyl (C=O) groups is 1. The molecule has 2 aliphatic rings. The van der Waals surface area contributed by atoms with E-state index in [-0.39, 0.29) is 28.8 Å². The van der Waals surface area contributed by atoms with Gasteiger partial charge in [-0.25, -0.2) is 8.42 Å². The van der Waals surface area contributed by atoms with Crippen molar-refractivity contribution in [3.8, 4) is 0 Å². The van der Waals surface area contributed by atoms with Crippen molar-refractivity contribution in [1.29, 1.82) is 0 Å². The van der Waals surface area contributed by atoms with E-state index in [1.807, 2.05) is 37.3 Å². The van der Waals surface area contributed by atoms with Crippen LogP contribution in [0.5, 0.6) is 0 Å². The highest BCUT2D eigenvalue weighted by Gasteiger charge is 2.49. The van der Waals surface area contributed by atoms with Crippen LogP contribution >= 0.6 is 0 Å². The lowest BCUT2D eigenvalue weighted by molar-refractivity contribution is -0.384. The van der Waals surface area contributed by atoms with Crippen LogP contribution in [0.4, 0.5) is 5.69 Å². The van der Waals surface area contributed by atoms with Crippen LogP contribution in [0, 0.1) is 22.0 Å². The van der Waals surface area contributed by atoms with Crippen molar-refractivity contribution in [3.63, 3.8) is 0 Å².